The molecule has 0 fully saturated rings. The van der Waals surface area contributed by atoms with Crippen molar-refractivity contribution in [1.29, 1.82) is 0 Å². The maximum atomic E-state index is 12.5. The molecule has 0 spiro atoms. The summed E-state index contributed by atoms with van der Waals surface area (Å²) in [5.41, 5.74) is 1.66. The van der Waals surface area contributed by atoms with Gasteiger partial charge in [0.05, 0.1) is 29.3 Å². The number of benzene rings is 1. The van der Waals surface area contributed by atoms with Gasteiger partial charge in [0.1, 0.15) is 5.75 Å². The zero-order valence-electron chi connectivity index (χ0n) is 14.8. The predicted molar refractivity (Wildman–Crippen MR) is 98.2 cm³/mol. The third-order valence-corrected chi connectivity index (χ3v) is 4.25. The summed E-state index contributed by atoms with van der Waals surface area (Å²) in [7, 11) is 0. The van der Waals surface area contributed by atoms with Gasteiger partial charge in [0.25, 0.3) is 0 Å². The van der Waals surface area contributed by atoms with Crippen molar-refractivity contribution in [3.05, 3.63) is 39.5 Å². The summed E-state index contributed by atoms with van der Waals surface area (Å²) in [5, 5.41) is 5.43. The lowest BCUT2D eigenvalue weighted by atomic mass is 9.95. The highest BCUT2D eigenvalue weighted by atomic mass is 79.9. The number of carbonyl (C=O) groups is 2. The van der Waals surface area contributed by atoms with Crippen molar-refractivity contribution >= 4 is 27.9 Å². The van der Waals surface area contributed by atoms with Crippen molar-refractivity contribution in [2.24, 2.45) is 5.92 Å². The van der Waals surface area contributed by atoms with Crippen molar-refractivity contribution in [2.45, 2.75) is 33.7 Å². The zero-order valence-corrected chi connectivity index (χ0v) is 16.4. The number of carbonyl (C=O) groups excluding carboxylic acids is 2. The maximum absolute atomic E-state index is 12.5. The van der Waals surface area contributed by atoms with E-state index in [0.717, 1.165) is 10.0 Å². The average molecular weight is 411 g/mol. The molecule has 7 heteroatoms. The van der Waals surface area contributed by atoms with Gasteiger partial charge in [-0.25, -0.2) is 9.59 Å². The molecule has 0 saturated heterocycles. The molecule has 2 amide bonds. The van der Waals surface area contributed by atoms with Crippen LogP contribution in [0.2, 0.25) is 0 Å². The van der Waals surface area contributed by atoms with Gasteiger partial charge in [-0.1, -0.05) is 19.9 Å². The summed E-state index contributed by atoms with van der Waals surface area (Å²) in [6, 6.07) is 4.54. The van der Waals surface area contributed by atoms with E-state index in [2.05, 4.69) is 26.6 Å². The number of rotatable bonds is 6. The van der Waals surface area contributed by atoms with Crippen molar-refractivity contribution < 1.29 is 19.1 Å². The molecular formula is C18H23BrN2O4. The first-order valence-electron chi connectivity index (χ1n) is 8.21. The maximum Gasteiger partial charge on any atom is 0.338 e. The van der Waals surface area contributed by atoms with Gasteiger partial charge in [0.15, 0.2) is 0 Å². The summed E-state index contributed by atoms with van der Waals surface area (Å²) >= 11 is 3.47. The monoisotopic (exact) mass is 410 g/mol. The van der Waals surface area contributed by atoms with Gasteiger partial charge >= 0.3 is 12.0 Å². The number of allylic oxidation sites excluding steroid dienone is 1. The zero-order chi connectivity index (χ0) is 18.6. The van der Waals surface area contributed by atoms with Crippen LogP contribution in [0.15, 0.2) is 33.9 Å². The van der Waals surface area contributed by atoms with Gasteiger partial charge in [-0.2, -0.15) is 0 Å². The van der Waals surface area contributed by atoms with E-state index in [9.17, 15) is 9.59 Å². The molecular weight excluding hydrogens is 388 g/mol. The highest BCUT2D eigenvalue weighted by molar-refractivity contribution is 9.10. The second-order valence-electron chi connectivity index (χ2n) is 6.19. The highest BCUT2D eigenvalue weighted by Gasteiger charge is 2.32. The minimum atomic E-state index is -0.583. The molecule has 2 N–H and O–H groups in total. The topological polar surface area (TPSA) is 76.7 Å². The molecule has 25 heavy (non-hydrogen) atoms. The van der Waals surface area contributed by atoms with E-state index in [-0.39, 0.29) is 11.9 Å². The lowest BCUT2D eigenvalue weighted by molar-refractivity contribution is -0.140. The standard InChI is InChI=1S/C18H23BrN2O4/c1-5-24-14-7-6-12(8-13(14)19)16-15(11(4)20-18(23)21-16)17(22)25-9-10(2)3/h6-8,10,16H,5,9H2,1-4H3,(H2,20,21,23). The molecule has 136 valence electrons. The molecule has 1 aliphatic heterocycles. The van der Waals surface area contributed by atoms with E-state index < -0.39 is 12.0 Å². The minimum absolute atomic E-state index is 0.231. The van der Waals surface area contributed by atoms with Gasteiger partial charge < -0.3 is 20.1 Å². The molecule has 0 bridgehead atoms. The third kappa shape index (κ3) is 4.75. The predicted octanol–water partition coefficient (Wildman–Crippen LogP) is 3.67. The van der Waals surface area contributed by atoms with Crippen LogP contribution in [0.1, 0.15) is 39.3 Å². The number of hydrogen-bond acceptors (Lipinski definition) is 4. The molecule has 1 unspecified atom stereocenters. The lowest BCUT2D eigenvalue weighted by Crippen LogP contribution is -2.45. The Hall–Kier alpha value is -2.02. The molecule has 1 heterocycles. The summed E-state index contributed by atoms with van der Waals surface area (Å²) < 4.78 is 11.6. The molecule has 0 saturated carbocycles. The molecule has 1 atom stereocenters. The van der Waals surface area contributed by atoms with Crippen molar-refractivity contribution in [1.82, 2.24) is 10.6 Å². The number of ether oxygens (including phenoxy) is 2. The number of esters is 1. The Morgan fingerprint density at radius 3 is 2.68 bits per heavy atom. The molecule has 1 aliphatic rings. The van der Waals surface area contributed by atoms with E-state index in [1.807, 2.05) is 39.0 Å². The number of amides is 2. The smallest absolute Gasteiger partial charge is 0.338 e. The van der Waals surface area contributed by atoms with Crippen LogP contribution in [-0.2, 0) is 9.53 Å². The summed E-state index contributed by atoms with van der Waals surface area (Å²) in [5.74, 6) is 0.499. The fraction of sp³-hybridized carbons (Fsp3) is 0.444. The first-order valence-corrected chi connectivity index (χ1v) is 9.00. The second-order valence-corrected chi connectivity index (χ2v) is 7.04. The molecule has 1 aromatic carbocycles. The van der Waals surface area contributed by atoms with Crippen LogP contribution >= 0.6 is 15.9 Å². The average Bonchev–Trinajstić information content (AvgIpc) is 2.54. The largest absolute Gasteiger partial charge is 0.493 e. The Bertz CT molecular complexity index is 700. The highest BCUT2D eigenvalue weighted by Crippen LogP contribution is 2.33. The summed E-state index contributed by atoms with van der Waals surface area (Å²) in [6.45, 7) is 8.41. The van der Waals surface area contributed by atoms with Crippen molar-refractivity contribution in [3.63, 3.8) is 0 Å². The van der Waals surface area contributed by atoms with Gasteiger partial charge in [-0.3, -0.25) is 0 Å². The fourth-order valence-corrected chi connectivity index (χ4v) is 3.01. The lowest BCUT2D eigenvalue weighted by Gasteiger charge is -2.28. The Labute approximate surface area is 156 Å². The van der Waals surface area contributed by atoms with Crippen molar-refractivity contribution in [2.75, 3.05) is 13.2 Å². The molecule has 0 aromatic heterocycles. The number of nitrogens with one attached hydrogen (secondary N) is 2. The molecule has 6 nitrogen and oxygen atoms in total. The van der Waals surface area contributed by atoms with Gasteiger partial charge in [-0.05, 0) is 53.4 Å². The van der Waals surface area contributed by atoms with E-state index in [4.69, 9.17) is 9.47 Å². The molecule has 2 rings (SSSR count). The van der Waals surface area contributed by atoms with Crippen LogP contribution in [0.25, 0.3) is 0 Å². The van der Waals surface area contributed by atoms with Gasteiger partial charge in [-0.15, -0.1) is 0 Å². The van der Waals surface area contributed by atoms with E-state index >= 15 is 0 Å². The van der Waals surface area contributed by atoms with Gasteiger partial charge in [0, 0.05) is 5.70 Å². The Kier molecular flexibility index (Phi) is 6.47. The number of halogens is 1. The molecule has 0 radical (unpaired) electrons. The minimum Gasteiger partial charge on any atom is -0.493 e. The van der Waals surface area contributed by atoms with Crippen LogP contribution in [0, 0.1) is 5.92 Å². The second kappa shape index (κ2) is 8.38. The summed E-state index contributed by atoms with van der Waals surface area (Å²) in [6.07, 6.45) is 0. The van der Waals surface area contributed by atoms with E-state index in [1.165, 1.54) is 0 Å². The normalized spacial score (nSPS) is 17.2. The van der Waals surface area contributed by atoms with Gasteiger partial charge in [0.2, 0.25) is 0 Å². The Morgan fingerprint density at radius 1 is 1.36 bits per heavy atom. The van der Waals surface area contributed by atoms with Crippen LogP contribution in [0.3, 0.4) is 0 Å². The summed E-state index contributed by atoms with van der Waals surface area (Å²) in [4.78, 5) is 24.5. The van der Waals surface area contributed by atoms with Crippen LogP contribution in [0.5, 0.6) is 5.75 Å². The van der Waals surface area contributed by atoms with Crippen molar-refractivity contribution in [3.8, 4) is 5.75 Å². The third-order valence-electron chi connectivity index (χ3n) is 3.63. The van der Waals surface area contributed by atoms with E-state index in [1.54, 1.807) is 6.92 Å². The number of urea groups is 1. The van der Waals surface area contributed by atoms with Crippen LogP contribution in [0.4, 0.5) is 4.79 Å². The van der Waals surface area contributed by atoms with E-state index in [0.29, 0.717) is 30.2 Å². The van der Waals surface area contributed by atoms with Crippen LogP contribution in [-0.4, -0.2) is 25.2 Å². The first-order chi connectivity index (χ1) is 11.8. The SMILES string of the molecule is CCOc1ccc(C2NC(=O)NC(C)=C2C(=O)OCC(C)C)cc1Br. The number of hydrogen-bond donors (Lipinski definition) is 2. The van der Waals surface area contributed by atoms with Crippen LogP contribution < -0.4 is 15.4 Å². The molecule has 0 aliphatic carbocycles. The first kappa shape index (κ1) is 19.3. The Balaban J connectivity index is 2.35. The molecule has 1 aromatic rings. The fourth-order valence-electron chi connectivity index (χ4n) is 2.50. The quantitative estimate of drug-likeness (QED) is 0.701. The Morgan fingerprint density at radius 2 is 2.08 bits per heavy atom.